The Hall–Kier alpha value is -5.77. The number of hydrogen-bond donors (Lipinski definition) is 3. The molecule has 0 unspecified atom stereocenters. The Morgan fingerprint density at radius 2 is 1.71 bits per heavy atom. The van der Waals surface area contributed by atoms with Crippen molar-refractivity contribution >= 4 is 33.5 Å². The summed E-state index contributed by atoms with van der Waals surface area (Å²) in [6.45, 7) is 0. The summed E-state index contributed by atoms with van der Waals surface area (Å²) in [5, 5.41) is 10.3. The van der Waals surface area contributed by atoms with Crippen LogP contribution in [0.1, 0.15) is 5.56 Å². The van der Waals surface area contributed by atoms with Gasteiger partial charge in [0.25, 0.3) is 0 Å². The lowest BCUT2D eigenvalue weighted by Crippen LogP contribution is -2.14. The van der Waals surface area contributed by atoms with Gasteiger partial charge in [0, 0.05) is 29.7 Å². The highest BCUT2D eigenvalue weighted by atomic mass is 19.1. The van der Waals surface area contributed by atoms with Gasteiger partial charge in [-0.3, -0.25) is 24.8 Å². The van der Waals surface area contributed by atoms with Gasteiger partial charge in [0.2, 0.25) is 5.91 Å². The van der Waals surface area contributed by atoms with Gasteiger partial charge in [0.15, 0.2) is 11.6 Å². The Balaban J connectivity index is 1.24. The molecule has 0 spiro atoms. The van der Waals surface area contributed by atoms with Crippen molar-refractivity contribution in [2.24, 2.45) is 0 Å². The molecule has 0 aliphatic rings. The van der Waals surface area contributed by atoms with E-state index in [9.17, 15) is 4.79 Å². The lowest BCUT2D eigenvalue weighted by Gasteiger charge is -2.08. The summed E-state index contributed by atoms with van der Waals surface area (Å²) in [6.07, 6.45) is 8.21. The highest BCUT2D eigenvalue weighted by molar-refractivity contribution is 5.98. The maximum absolute atomic E-state index is 16.1. The first-order valence-electron chi connectivity index (χ1n) is 12.9. The van der Waals surface area contributed by atoms with Crippen LogP contribution in [0.2, 0.25) is 0 Å². The van der Waals surface area contributed by atoms with Crippen LogP contribution < -0.4 is 5.32 Å². The van der Waals surface area contributed by atoms with Crippen LogP contribution in [-0.4, -0.2) is 41.0 Å². The van der Waals surface area contributed by atoms with Crippen molar-refractivity contribution in [1.82, 2.24) is 35.1 Å². The van der Waals surface area contributed by atoms with Gasteiger partial charge in [-0.05, 0) is 35.4 Å². The Labute approximate surface area is 232 Å². The number of benzene rings is 2. The number of halogens is 1. The lowest BCUT2D eigenvalue weighted by molar-refractivity contribution is -0.115. The summed E-state index contributed by atoms with van der Waals surface area (Å²) in [5.41, 5.74) is 6.01. The van der Waals surface area contributed by atoms with E-state index in [0.29, 0.717) is 28.3 Å². The molecule has 0 fully saturated rings. The number of anilines is 1. The van der Waals surface area contributed by atoms with Crippen molar-refractivity contribution in [2.75, 3.05) is 5.32 Å². The molecular weight excluding hydrogens is 519 g/mol. The average molecular weight is 541 g/mol. The first-order chi connectivity index (χ1) is 20.1. The largest absolute Gasteiger partial charge is 0.337 e. The molecule has 41 heavy (non-hydrogen) atoms. The second kappa shape index (κ2) is 10.1. The summed E-state index contributed by atoms with van der Waals surface area (Å²) in [5.74, 6) is -0.355. The average Bonchev–Trinajstić information content (AvgIpc) is 3.63. The number of para-hydroxylation sites is 1. The number of H-pyrrole nitrogens is 2. The molecule has 0 aliphatic carbocycles. The lowest BCUT2D eigenvalue weighted by atomic mass is 10.1. The van der Waals surface area contributed by atoms with Crippen molar-refractivity contribution in [2.45, 2.75) is 6.42 Å². The van der Waals surface area contributed by atoms with E-state index in [2.05, 4.69) is 35.5 Å². The summed E-state index contributed by atoms with van der Waals surface area (Å²) < 4.78 is 16.1. The van der Waals surface area contributed by atoms with E-state index in [1.807, 2.05) is 60.7 Å². The molecule has 198 valence electrons. The van der Waals surface area contributed by atoms with Crippen molar-refractivity contribution in [3.05, 3.63) is 109 Å². The van der Waals surface area contributed by atoms with Gasteiger partial charge in [0.05, 0.1) is 46.4 Å². The van der Waals surface area contributed by atoms with E-state index in [-0.39, 0.29) is 23.4 Å². The number of imidazole rings is 1. The van der Waals surface area contributed by atoms with E-state index in [0.717, 1.165) is 27.7 Å². The number of amides is 1. The van der Waals surface area contributed by atoms with Gasteiger partial charge >= 0.3 is 0 Å². The number of aromatic nitrogens is 7. The van der Waals surface area contributed by atoms with Crippen LogP contribution in [0.25, 0.3) is 55.8 Å². The maximum Gasteiger partial charge on any atom is 0.228 e. The molecule has 0 radical (unpaired) electrons. The number of aromatic amines is 2. The predicted octanol–water partition coefficient (Wildman–Crippen LogP) is 5.95. The van der Waals surface area contributed by atoms with Crippen LogP contribution in [0, 0.1) is 5.82 Å². The number of carbonyl (C=O) groups excluding carboxylic acids is 1. The van der Waals surface area contributed by atoms with Gasteiger partial charge in [-0.2, -0.15) is 5.10 Å². The number of pyridine rings is 3. The van der Waals surface area contributed by atoms with Gasteiger partial charge in [-0.25, -0.2) is 9.37 Å². The fourth-order valence-corrected chi connectivity index (χ4v) is 4.88. The monoisotopic (exact) mass is 540 g/mol. The van der Waals surface area contributed by atoms with Gasteiger partial charge < -0.3 is 10.3 Å². The Kier molecular flexibility index (Phi) is 5.97. The van der Waals surface area contributed by atoms with Crippen LogP contribution in [0.4, 0.5) is 10.1 Å². The van der Waals surface area contributed by atoms with Crippen LogP contribution in [0.3, 0.4) is 0 Å². The third-order valence-electron chi connectivity index (χ3n) is 6.78. The molecule has 7 rings (SSSR count). The van der Waals surface area contributed by atoms with E-state index >= 15 is 4.39 Å². The number of carbonyl (C=O) groups is 1. The van der Waals surface area contributed by atoms with Gasteiger partial charge in [-0.1, -0.05) is 42.5 Å². The van der Waals surface area contributed by atoms with Crippen LogP contribution in [0.5, 0.6) is 0 Å². The third-order valence-corrected chi connectivity index (χ3v) is 6.78. The zero-order valence-electron chi connectivity index (χ0n) is 21.5. The first kappa shape index (κ1) is 24.3. The van der Waals surface area contributed by atoms with Crippen LogP contribution >= 0.6 is 0 Å². The minimum atomic E-state index is -0.573. The SMILES string of the molecule is O=C(Cc1ccccc1)Nc1cncc(-c2ncc3[nH]nc(-c4nc5c(-c6ccncc6)cccc5[nH]4)c3c2F)c1. The number of nitrogens with zero attached hydrogens (tertiary/aromatic N) is 5. The molecule has 5 aromatic heterocycles. The van der Waals surface area contributed by atoms with E-state index < -0.39 is 5.82 Å². The fourth-order valence-electron chi connectivity index (χ4n) is 4.88. The number of fused-ring (bicyclic) bond motifs is 2. The Morgan fingerprint density at radius 3 is 2.56 bits per heavy atom. The predicted molar refractivity (Wildman–Crippen MR) is 154 cm³/mol. The van der Waals surface area contributed by atoms with Gasteiger partial charge in [0.1, 0.15) is 11.4 Å². The summed E-state index contributed by atoms with van der Waals surface area (Å²) >= 11 is 0. The summed E-state index contributed by atoms with van der Waals surface area (Å²) in [6, 6.07) is 20.7. The molecule has 2 aromatic carbocycles. The second-order valence-corrected chi connectivity index (χ2v) is 9.48. The maximum atomic E-state index is 16.1. The Morgan fingerprint density at radius 1 is 0.854 bits per heavy atom. The normalized spacial score (nSPS) is 11.2. The molecule has 0 bridgehead atoms. The molecule has 3 N–H and O–H groups in total. The van der Waals surface area contributed by atoms with Crippen molar-refractivity contribution < 1.29 is 9.18 Å². The molecule has 10 heteroatoms. The highest BCUT2D eigenvalue weighted by Crippen LogP contribution is 2.34. The van der Waals surface area contributed by atoms with E-state index in [1.165, 1.54) is 18.6 Å². The standard InChI is InChI=1S/C31H21FN8O/c32-27-26-24(17-35-28(27)20-14-21(16-34-15-20)36-25(41)13-18-5-2-1-3-6-18)39-40-30(26)31-37-23-8-4-7-22(29(23)38-31)19-9-11-33-12-10-19/h1-12,14-17H,13H2,(H,36,41)(H,37,38)(H,39,40). The molecule has 0 atom stereocenters. The molecule has 7 aromatic rings. The van der Waals surface area contributed by atoms with Gasteiger partial charge in [-0.15, -0.1) is 0 Å². The van der Waals surface area contributed by atoms with Crippen molar-refractivity contribution in [3.8, 4) is 33.9 Å². The molecule has 5 heterocycles. The van der Waals surface area contributed by atoms with Crippen molar-refractivity contribution in [1.29, 1.82) is 0 Å². The third kappa shape index (κ3) is 4.57. The van der Waals surface area contributed by atoms with E-state index in [4.69, 9.17) is 4.98 Å². The topological polar surface area (TPSA) is 125 Å². The first-order valence-corrected chi connectivity index (χ1v) is 12.9. The van der Waals surface area contributed by atoms with Crippen molar-refractivity contribution in [3.63, 3.8) is 0 Å². The number of nitrogens with one attached hydrogen (secondary N) is 3. The molecule has 0 aliphatic heterocycles. The summed E-state index contributed by atoms with van der Waals surface area (Å²) in [7, 11) is 0. The summed E-state index contributed by atoms with van der Waals surface area (Å²) in [4.78, 5) is 33.3. The van der Waals surface area contributed by atoms with Crippen LogP contribution in [0.15, 0.2) is 97.7 Å². The van der Waals surface area contributed by atoms with Crippen LogP contribution in [-0.2, 0) is 11.2 Å². The molecule has 9 nitrogen and oxygen atoms in total. The minimum absolute atomic E-state index is 0.0837. The highest BCUT2D eigenvalue weighted by Gasteiger charge is 2.21. The number of rotatable bonds is 6. The molecule has 0 saturated heterocycles. The smallest absolute Gasteiger partial charge is 0.228 e. The Bertz CT molecular complexity index is 2040. The van der Waals surface area contributed by atoms with E-state index in [1.54, 1.807) is 18.5 Å². The number of hydrogen-bond acceptors (Lipinski definition) is 6. The molecule has 1 amide bonds. The molecule has 0 saturated carbocycles. The zero-order valence-corrected chi connectivity index (χ0v) is 21.5. The second-order valence-electron chi connectivity index (χ2n) is 9.48. The quantitative estimate of drug-likeness (QED) is 0.240. The minimum Gasteiger partial charge on any atom is -0.337 e. The zero-order chi connectivity index (χ0) is 27.8. The fraction of sp³-hybridized carbons (Fsp3) is 0.0323. The molecular formula is C31H21FN8O.